The molecule has 2 aromatic rings. The highest BCUT2D eigenvalue weighted by Gasteiger charge is 2.40. The van der Waals surface area contributed by atoms with Gasteiger partial charge in [-0.05, 0) is 38.8 Å². The summed E-state index contributed by atoms with van der Waals surface area (Å²) < 4.78 is 5.63. The average Bonchev–Trinajstić information content (AvgIpc) is 3.00. The molecule has 5 heterocycles. The van der Waals surface area contributed by atoms with E-state index in [0.717, 1.165) is 18.5 Å². The highest BCUT2D eigenvalue weighted by molar-refractivity contribution is 5.95. The first-order chi connectivity index (χ1) is 11.2. The lowest BCUT2D eigenvalue weighted by atomic mass is 9.79. The SMILES string of the molecule is CNc1cc2cnc(C(=O)NC3C4CCN(CC4)C3C)cc2o1. The number of pyridine rings is 1. The number of hydrogen-bond acceptors (Lipinski definition) is 5. The first kappa shape index (κ1) is 14.5. The number of rotatable bonds is 3. The smallest absolute Gasteiger partial charge is 0.270 e. The Morgan fingerprint density at radius 2 is 2.13 bits per heavy atom. The Morgan fingerprint density at radius 3 is 2.83 bits per heavy atom. The predicted octanol–water partition coefficient (Wildman–Crippen LogP) is 2.08. The summed E-state index contributed by atoms with van der Waals surface area (Å²) in [6.45, 7) is 4.52. The number of hydrogen-bond donors (Lipinski definition) is 2. The number of anilines is 1. The molecule has 1 amide bonds. The van der Waals surface area contributed by atoms with Crippen molar-refractivity contribution in [3.05, 3.63) is 24.0 Å². The molecule has 3 fully saturated rings. The molecule has 0 saturated carbocycles. The maximum atomic E-state index is 12.6. The number of fused-ring (bicyclic) bond motifs is 4. The minimum Gasteiger partial charge on any atom is -0.441 e. The Hall–Kier alpha value is -2.08. The lowest BCUT2D eigenvalue weighted by molar-refractivity contribution is 0.0216. The van der Waals surface area contributed by atoms with Crippen LogP contribution in [0.1, 0.15) is 30.3 Å². The molecule has 0 aliphatic carbocycles. The maximum absolute atomic E-state index is 12.6. The van der Waals surface area contributed by atoms with Gasteiger partial charge in [0.1, 0.15) is 11.3 Å². The number of amides is 1. The number of aromatic nitrogens is 1. The summed E-state index contributed by atoms with van der Waals surface area (Å²) in [5.41, 5.74) is 1.09. The van der Waals surface area contributed by atoms with E-state index in [1.165, 1.54) is 12.8 Å². The zero-order valence-corrected chi connectivity index (χ0v) is 13.5. The van der Waals surface area contributed by atoms with Crippen LogP contribution in [0.5, 0.6) is 0 Å². The van der Waals surface area contributed by atoms with Gasteiger partial charge in [-0.15, -0.1) is 0 Å². The molecule has 2 atom stereocenters. The Morgan fingerprint density at radius 1 is 1.35 bits per heavy atom. The fourth-order valence-corrected chi connectivity index (χ4v) is 3.95. The van der Waals surface area contributed by atoms with Crippen molar-refractivity contribution < 1.29 is 9.21 Å². The van der Waals surface area contributed by atoms with Gasteiger partial charge in [0.25, 0.3) is 5.91 Å². The van der Waals surface area contributed by atoms with Gasteiger partial charge in [-0.2, -0.15) is 0 Å². The molecule has 5 rings (SSSR count). The van der Waals surface area contributed by atoms with Crippen LogP contribution in [0.25, 0.3) is 11.0 Å². The van der Waals surface area contributed by atoms with Crippen LogP contribution in [-0.4, -0.2) is 48.0 Å². The molecule has 3 aliphatic heterocycles. The van der Waals surface area contributed by atoms with Crippen molar-refractivity contribution >= 4 is 22.8 Å². The quantitative estimate of drug-likeness (QED) is 0.908. The molecule has 3 saturated heterocycles. The summed E-state index contributed by atoms with van der Waals surface area (Å²) in [7, 11) is 1.80. The summed E-state index contributed by atoms with van der Waals surface area (Å²) in [4.78, 5) is 19.4. The molecule has 0 aromatic carbocycles. The predicted molar refractivity (Wildman–Crippen MR) is 88.6 cm³/mol. The minimum atomic E-state index is -0.111. The van der Waals surface area contributed by atoms with Crippen molar-refractivity contribution in [2.45, 2.75) is 31.8 Å². The van der Waals surface area contributed by atoms with Gasteiger partial charge in [0, 0.05) is 42.8 Å². The topological polar surface area (TPSA) is 70.4 Å². The van der Waals surface area contributed by atoms with Gasteiger partial charge in [-0.3, -0.25) is 14.7 Å². The van der Waals surface area contributed by atoms with E-state index < -0.39 is 0 Å². The van der Waals surface area contributed by atoms with Gasteiger partial charge >= 0.3 is 0 Å². The third-order valence-electron chi connectivity index (χ3n) is 5.36. The molecular formula is C17H22N4O2. The Bertz CT molecular complexity index is 731. The molecule has 23 heavy (non-hydrogen) atoms. The Balaban J connectivity index is 1.54. The van der Waals surface area contributed by atoms with Crippen LogP contribution in [0.3, 0.4) is 0 Å². The largest absolute Gasteiger partial charge is 0.441 e. The van der Waals surface area contributed by atoms with Gasteiger partial charge in [0.05, 0.1) is 0 Å². The fraction of sp³-hybridized carbons (Fsp3) is 0.529. The third kappa shape index (κ3) is 2.47. The molecule has 3 aliphatic rings. The Labute approximate surface area is 135 Å². The monoisotopic (exact) mass is 314 g/mol. The third-order valence-corrected chi connectivity index (χ3v) is 5.36. The highest BCUT2D eigenvalue weighted by Crippen LogP contribution is 2.32. The second-order valence-corrected chi connectivity index (χ2v) is 6.58. The number of furan rings is 1. The average molecular weight is 314 g/mol. The first-order valence-corrected chi connectivity index (χ1v) is 8.28. The summed E-state index contributed by atoms with van der Waals surface area (Å²) in [6.07, 6.45) is 4.03. The standard InChI is InChI=1S/C17H22N4O2/c1-10-16(11-3-5-21(10)6-4-11)20-17(22)13-8-14-12(9-19-13)7-15(18-2)23-14/h7-11,16,18H,3-6H2,1-2H3,(H,20,22). The Kier molecular flexibility index (Phi) is 3.49. The van der Waals surface area contributed by atoms with Crippen LogP contribution >= 0.6 is 0 Å². The zero-order valence-electron chi connectivity index (χ0n) is 13.5. The molecule has 2 unspecified atom stereocenters. The molecule has 122 valence electrons. The van der Waals surface area contributed by atoms with Crippen molar-refractivity contribution in [3.8, 4) is 0 Å². The van der Waals surface area contributed by atoms with Crippen LogP contribution in [0, 0.1) is 5.92 Å². The number of carbonyl (C=O) groups is 1. The second-order valence-electron chi connectivity index (χ2n) is 6.58. The summed E-state index contributed by atoms with van der Waals surface area (Å²) in [5.74, 6) is 1.15. The number of piperidine rings is 3. The molecular weight excluding hydrogens is 292 g/mol. The van der Waals surface area contributed by atoms with Crippen molar-refractivity contribution in [1.29, 1.82) is 0 Å². The molecule has 0 spiro atoms. The highest BCUT2D eigenvalue weighted by atomic mass is 16.3. The summed E-state index contributed by atoms with van der Waals surface area (Å²) in [6, 6.07) is 4.21. The summed E-state index contributed by atoms with van der Waals surface area (Å²) in [5, 5.41) is 7.05. The van der Waals surface area contributed by atoms with E-state index in [1.807, 2.05) is 6.07 Å². The fourth-order valence-electron chi connectivity index (χ4n) is 3.95. The van der Waals surface area contributed by atoms with Crippen LogP contribution in [0.2, 0.25) is 0 Å². The normalized spacial score (nSPS) is 29.7. The van der Waals surface area contributed by atoms with E-state index in [2.05, 4.69) is 27.4 Å². The van der Waals surface area contributed by atoms with Gasteiger partial charge < -0.3 is 15.1 Å². The van der Waals surface area contributed by atoms with E-state index in [-0.39, 0.29) is 11.9 Å². The molecule has 2 bridgehead atoms. The minimum absolute atomic E-state index is 0.111. The molecule has 6 nitrogen and oxygen atoms in total. The van der Waals surface area contributed by atoms with Crippen LogP contribution in [0.15, 0.2) is 22.7 Å². The lowest BCUT2D eigenvalue weighted by Crippen LogP contribution is -2.62. The maximum Gasteiger partial charge on any atom is 0.270 e. The molecule has 6 heteroatoms. The van der Waals surface area contributed by atoms with E-state index in [9.17, 15) is 4.79 Å². The van der Waals surface area contributed by atoms with Crippen molar-refractivity contribution in [3.63, 3.8) is 0 Å². The number of carbonyl (C=O) groups excluding carboxylic acids is 1. The molecule has 0 radical (unpaired) electrons. The second kappa shape index (κ2) is 5.53. The van der Waals surface area contributed by atoms with Crippen molar-refractivity contribution in [2.24, 2.45) is 5.92 Å². The number of nitrogens with one attached hydrogen (secondary N) is 2. The molecule has 2 aromatic heterocycles. The first-order valence-electron chi connectivity index (χ1n) is 8.28. The van der Waals surface area contributed by atoms with Crippen molar-refractivity contribution in [2.75, 3.05) is 25.5 Å². The lowest BCUT2D eigenvalue weighted by Gasteiger charge is -2.49. The van der Waals surface area contributed by atoms with Gasteiger partial charge in [0.2, 0.25) is 0 Å². The van der Waals surface area contributed by atoms with Crippen molar-refractivity contribution in [1.82, 2.24) is 15.2 Å². The summed E-state index contributed by atoms with van der Waals surface area (Å²) >= 11 is 0. The van der Waals surface area contributed by atoms with E-state index in [0.29, 0.717) is 29.1 Å². The van der Waals surface area contributed by atoms with Gasteiger partial charge in [0.15, 0.2) is 5.88 Å². The van der Waals surface area contributed by atoms with Gasteiger partial charge in [-0.1, -0.05) is 0 Å². The van der Waals surface area contributed by atoms with Crippen LogP contribution in [0.4, 0.5) is 5.88 Å². The van der Waals surface area contributed by atoms with E-state index in [1.54, 1.807) is 19.3 Å². The van der Waals surface area contributed by atoms with Gasteiger partial charge in [-0.25, -0.2) is 0 Å². The molecule has 2 N–H and O–H groups in total. The number of nitrogens with zero attached hydrogens (tertiary/aromatic N) is 2. The van der Waals surface area contributed by atoms with Crippen LogP contribution < -0.4 is 10.6 Å². The zero-order chi connectivity index (χ0) is 16.0. The van der Waals surface area contributed by atoms with E-state index >= 15 is 0 Å². The van der Waals surface area contributed by atoms with Crippen LogP contribution in [-0.2, 0) is 0 Å². The van der Waals surface area contributed by atoms with E-state index in [4.69, 9.17) is 4.42 Å².